The average molecular weight is 448 g/mol. The molecule has 1 fully saturated rings. The van der Waals surface area contributed by atoms with Crippen molar-refractivity contribution in [1.82, 2.24) is 20.6 Å². The number of pyridine rings is 2. The largest absolute Gasteiger partial charge is 0.490 e. The molecule has 1 saturated heterocycles. The zero-order valence-electron chi connectivity index (χ0n) is 18.8. The molecule has 0 radical (unpaired) electrons. The lowest BCUT2D eigenvalue weighted by molar-refractivity contribution is 0.240. The fourth-order valence-electron chi connectivity index (χ4n) is 3.58. The van der Waals surface area contributed by atoms with Crippen molar-refractivity contribution in [2.75, 3.05) is 24.6 Å². The number of amides is 2. The maximum Gasteiger partial charge on any atom is 0.315 e. The van der Waals surface area contributed by atoms with E-state index in [-0.39, 0.29) is 6.03 Å². The molecule has 1 aromatic carbocycles. The van der Waals surface area contributed by atoms with Crippen molar-refractivity contribution in [3.05, 3.63) is 72.1 Å². The number of carbonyl (C=O) groups excluding carboxylic acids is 1. The number of benzene rings is 1. The normalized spacial score (nSPS) is 12.9. The van der Waals surface area contributed by atoms with Crippen LogP contribution in [0.4, 0.5) is 10.6 Å². The molecule has 33 heavy (non-hydrogen) atoms. The van der Waals surface area contributed by atoms with Gasteiger partial charge in [0.1, 0.15) is 5.82 Å². The zero-order chi connectivity index (χ0) is 22.9. The maximum atomic E-state index is 12.2. The molecule has 3 heterocycles. The van der Waals surface area contributed by atoms with Gasteiger partial charge < -0.3 is 25.0 Å². The van der Waals surface area contributed by atoms with E-state index in [0.29, 0.717) is 37.1 Å². The number of nitrogens with one attached hydrogen (secondary N) is 2. The van der Waals surface area contributed by atoms with Gasteiger partial charge in [-0.05, 0) is 49.1 Å². The fourth-order valence-corrected chi connectivity index (χ4v) is 3.58. The minimum Gasteiger partial charge on any atom is -0.490 e. The Kier molecular flexibility index (Phi) is 7.58. The van der Waals surface area contributed by atoms with Crippen molar-refractivity contribution in [3.8, 4) is 17.4 Å². The second-order valence-corrected chi connectivity index (χ2v) is 7.74. The number of urea groups is 1. The van der Waals surface area contributed by atoms with E-state index in [1.54, 1.807) is 12.3 Å². The minimum absolute atomic E-state index is 0.246. The number of hydrogen-bond donors (Lipinski definition) is 2. The van der Waals surface area contributed by atoms with Crippen LogP contribution < -0.4 is 25.0 Å². The number of aromatic nitrogens is 2. The standard InChI is InChI=1S/C25H29N5O3/c1-2-32-21-7-3-4-8-22(21)33-24-12-10-20(16-27-24)18-29-25(31)28-17-19-9-11-23(26-15-19)30-13-5-6-14-30/h3-4,7-12,15-16H,2,5-6,13-14,17-18H2,1H3,(H2,28,29,31). The number of anilines is 1. The van der Waals surface area contributed by atoms with Gasteiger partial charge in [-0.15, -0.1) is 0 Å². The van der Waals surface area contributed by atoms with Gasteiger partial charge in [0, 0.05) is 44.6 Å². The van der Waals surface area contributed by atoms with Crippen molar-refractivity contribution in [2.24, 2.45) is 0 Å². The van der Waals surface area contributed by atoms with E-state index in [0.717, 1.165) is 30.0 Å². The second-order valence-electron chi connectivity index (χ2n) is 7.74. The topological polar surface area (TPSA) is 88.6 Å². The fraction of sp³-hybridized carbons (Fsp3) is 0.320. The van der Waals surface area contributed by atoms with Crippen LogP contribution in [0.15, 0.2) is 60.9 Å². The van der Waals surface area contributed by atoms with Gasteiger partial charge >= 0.3 is 6.03 Å². The molecule has 0 bridgehead atoms. The van der Waals surface area contributed by atoms with E-state index in [1.807, 2.05) is 55.6 Å². The van der Waals surface area contributed by atoms with Crippen molar-refractivity contribution in [3.63, 3.8) is 0 Å². The Morgan fingerprint density at radius 3 is 2.18 bits per heavy atom. The van der Waals surface area contributed by atoms with E-state index in [9.17, 15) is 4.79 Å². The molecule has 2 amide bonds. The van der Waals surface area contributed by atoms with E-state index in [4.69, 9.17) is 9.47 Å². The summed E-state index contributed by atoms with van der Waals surface area (Å²) in [4.78, 5) is 23.3. The molecule has 0 unspecified atom stereocenters. The van der Waals surface area contributed by atoms with Gasteiger partial charge in [0.05, 0.1) is 6.61 Å². The first kappa shape index (κ1) is 22.4. The number of para-hydroxylation sites is 2. The van der Waals surface area contributed by atoms with Crippen LogP contribution in [0.5, 0.6) is 17.4 Å². The highest BCUT2D eigenvalue weighted by molar-refractivity contribution is 5.73. The first-order valence-electron chi connectivity index (χ1n) is 11.3. The third kappa shape index (κ3) is 6.35. The highest BCUT2D eigenvalue weighted by atomic mass is 16.5. The van der Waals surface area contributed by atoms with E-state index in [1.165, 1.54) is 12.8 Å². The summed E-state index contributed by atoms with van der Waals surface area (Å²) >= 11 is 0. The molecule has 8 heteroatoms. The molecule has 0 aliphatic carbocycles. The molecule has 1 aliphatic rings. The molecule has 1 aliphatic heterocycles. The highest BCUT2D eigenvalue weighted by Crippen LogP contribution is 2.30. The van der Waals surface area contributed by atoms with Crippen LogP contribution in [-0.4, -0.2) is 35.7 Å². The highest BCUT2D eigenvalue weighted by Gasteiger charge is 2.13. The van der Waals surface area contributed by atoms with Crippen molar-refractivity contribution >= 4 is 11.8 Å². The Labute approximate surface area is 194 Å². The summed E-state index contributed by atoms with van der Waals surface area (Å²) in [6.45, 7) is 5.39. The summed E-state index contributed by atoms with van der Waals surface area (Å²) < 4.78 is 11.4. The van der Waals surface area contributed by atoms with Gasteiger partial charge in [-0.25, -0.2) is 14.8 Å². The molecule has 2 N–H and O–H groups in total. The Bertz CT molecular complexity index is 1030. The van der Waals surface area contributed by atoms with Gasteiger partial charge in [0.25, 0.3) is 0 Å². The number of carbonyl (C=O) groups is 1. The van der Waals surface area contributed by atoms with Gasteiger partial charge in [-0.1, -0.05) is 24.3 Å². The Morgan fingerprint density at radius 1 is 0.909 bits per heavy atom. The van der Waals surface area contributed by atoms with E-state index >= 15 is 0 Å². The van der Waals surface area contributed by atoms with Crippen molar-refractivity contribution in [1.29, 1.82) is 0 Å². The van der Waals surface area contributed by atoms with Crippen LogP contribution in [0.2, 0.25) is 0 Å². The molecule has 0 saturated carbocycles. The number of rotatable bonds is 9. The van der Waals surface area contributed by atoms with Crippen LogP contribution in [-0.2, 0) is 13.1 Å². The van der Waals surface area contributed by atoms with Gasteiger partial charge in [-0.2, -0.15) is 0 Å². The molecular formula is C25H29N5O3. The smallest absolute Gasteiger partial charge is 0.315 e. The Balaban J connectivity index is 1.22. The van der Waals surface area contributed by atoms with Gasteiger partial charge in [0.15, 0.2) is 11.5 Å². The van der Waals surface area contributed by atoms with Crippen LogP contribution in [0.25, 0.3) is 0 Å². The van der Waals surface area contributed by atoms with Gasteiger partial charge in [0.2, 0.25) is 5.88 Å². The maximum absolute atomic E-state index is 12.2. The molecule has 0 atom stereocenters. The monoisotopic (exact) mass is 447 g/mol. The van der Waals surface area contributed by atoms with Crippen LogP contribution in [0.3, 0.4) is 0 Å². The number of ether oxygens (including phenoxy) is 2. The lowest BCUT2D eigenvalue weighted by atomic mass is 10.2. The quantitative estimate of drug-likeness (QED) is 0.509. The predicted molar refractivity (Wildman–Crippen MR) is 127 cm³/mol. The average Bonchev–Trinajstić information content (AvgIpc) is 3.39. The SMILES string of the molecule is CCOc1ccccc1Oc1ccc(CNC(=O)NCc2ccc(N3CCCC3)nc2)cn1. The first-order valence-corrected chi connectivity index (χ1v) is 11.3. The summed E-state index contributed by atoms with van der Waals surface area (Å²) in [7, 11) is 0. The Hall–Kier alpha value is -3.81. The minimum atomic E-state index is -0.246. The molecular weight excluding hydrogens is 418 g/mol. The molecule has 3 aromatic rings. The predicted octanol–water partition coefficient (Wildman–Crippen LogP) is 4.27. The molecule has 8 nitrogen and oxygen atoms in total. The van der Waals surface area contributed by atoms with Crippen molar-refractivity contribution < 1.29 is 14.3 Å². The summed E-state index contributed by atoms with van der Waals surface area (Å²) in [5, 5.41) is 5.70. The number of nitrogens with zero attached hydrogens (tertiary/aromatic N) is 3. The lowest BCUT2D eigenvalue weighted by Gasteiger charge is -2.16. The van der Waals surface area contributed by atoms with Crippen LogP contribution >= 0.6 is 0 Å². The second kappa shape index (κ2) is 11.2. The van der Waals surface area contributed by atoms with E-state index in [2.05, 4.69) is 25.5 Å². The van der Waals surface area contributed by atoms with E-state index < -0.39 is 0 Å². The van der Waals surface area contributed by atoms with Crippen LogP contribution in [0.1, 0.15) is 30.9 Å². The molecule has 2 aromatic heterocycles. The lowest BCUT2D eigenvalue weighted by Crippen LogP contribution is -2.34. The third-order valence-electron chi connectivity index (χ3n) is 5.31. The van der Waals surface area contributed by atoms with Crippen molar-refractivity contribution in [2.45, 2.75) is 32.9 Å². The first-order chi connectivity index (χ1) is 16.2. The summed E-state index contributed by atoms with van der Waals surface area (Å²) in [6.07, 6.45) is 5.94. The molecule has 172 valence electrons. The summed E-state index contributed by atoms with van der Waals surface area (Å²) in [5.41, 5.74) is 1.83. The van der Waals surface area contributed by atoms with Crippen LogP contribution in [0, 0.1) is 0 Å². The summed E-state index contributed by atoms with van der Waals surface area (Å²) in [5.74, 6) is 2.74. The Morgan fingerprint density at radius 2 is 1.58 bits per heavy atom. The summed E-state index contributed by atoms with van der Waals surface area (Å²) in [6, 6.07) is 14.9. The zero-order valence-corrected chi connectivity index (χ0v) is 18.8. The molecule has 0 spiro atoms. The number of hydrogen-bond acceptors (Lipinski definition) is 6. The third-order valence-corrected chi connectivity index (χ3v) is 5.31. The van der Waals surface area contributed by atoms with Gasteiger partial charge in [-0.3, -0.25) is 0 Å². The molecule has 4 rings (SSSR count).